The topological polar surface area (TPSA) is 71.4 Å². The fraction of sp³-hybridized carbons (Fsp3) is 0.133. The number of halogens is 1. The molecular weight excluding hydrogens is 295 g/mol. The Morgan fingerprint density at radius 2 is 1.76 bits per heavy atom. The van der Waals surface area contributed by atoms with E-state index >= 15 is 0 Å². The van der Waals surface area contributed by atoms with Crippen molar-refractivity contribution in [3.8, 4) is 0 Å². The molecule has 4 nitrogen and oxygen atoms in total. The highest BCUT2D eigenvalue weighted by Gasteiger charge is 2.18. The van der Waals surface area contributed by atoms with Crippen molar-refractivity contribution in [2.75, 3.05) is 0 Å². The largest absolute Gasteiger partial charge is 0.478 e. The van der Waals surface area contributed by atoms with Gasteiger partial charge in [-0.2, -0.15) is 0 Å². The molecule has 0 saturated heterocycles. The van der Waals surface area contributed by atoms with Crippen molar-refractivity contribution in [2.24, 2.45) is 0 Å². The number of carboxylic acid groups (broad SMARTS) is 1. The Balaban J connectivity index is 2.24. The third-order valence-electron chi connectivity index (χ3n) is 2.90. The minimum atomic E-state index is -3.59. The van der Waals surface area contributed by atoms with Crippen molar-refractivity contribution in [3.63, 3.8) is 0 Å². The van der Waals surface area contributed by atoms with Gasteiger partial charge in [-0.25, -0.2) is 17.6 Å². The molecule has 110 valence electrons. The molecule has 0 radical (unpaired) electrons. The first kappa shape index (κ1) is 15.2. The second-order valence-corrected chi connectivity index (χ2v) is 6.69. The van der Waals surface area contributed by atoms with Crippen LogP contribution in [0.25, 0.3) is 0 Å². The van der Waals surface area contributed by atoms with Gasteiger partial charge in [0.05, 0.1) is 17.1 Å². The van der Waals surface area contributed by atoms with Gasteiger partial charge in [0.15, 0.2) is 9.84 Å². The van der Waals surface area contributed by atoms with E-state index in [1.165, 1.54) is 36.4 Å². The van der Waals surface area contributed by atoms with Crippen LogP contribution in [0.1, 0.15) is 21.5 Å². The van der Waals surface area contributed by atoms with Gasteiger partial charge in [0.1, 0.15) is 5.82 Å². The normalized spacial score (nSPS) is 11.3. The minimum Gasteiger partial charge on any atom is -0.478 e. The SMILES string of the molecule is O=C(O)c1ccccc1CS(=O)(=O)Cc1cccc(F)c1. The lowest BCUT2D eigenvalue weighted by molar-refractivity contribution is 0.0696. The van der Waals surface area contributed by atoms with E-state index in [2.05, 4.69) is 0 Å². The molecule has 2 aromatic carbocycles. The molecule has 21 heavy (non-hydrogen) atoms. The van der Waals surface area contributed by atoms with Gasteiger partial charge in [-0.15, -0.1) is 0 Å². The van der Waals surface area contributed by atoms with Crippen LogP contribution >= 0.6 is 0 Å². The quantitative estimate of drug-likeness (QED) is 0.921. The van der Waals surface area contributed by atoms with Crippen molar-refractivity contribution in [1.29, 1.82) is 0 Å². The molecular formula is C15H13FO4S. The molecule has 0 fully saturated rings. The monoisotopic (exact) mass is 308 g/mol. The predicted molar refractivity (Wildman–Crippen MR) is 76.1 cm³/mol. The lowest BCUT2D eigenvalue weighted by Gasteiger charge is -2.07. The number of hydrogen-bond acceptors (Lipinski definition) is 3. The van der Waals surface area contributed by atoms with Gasteiger partial charge in [-0.05, 0) is 29.3 Å². The number of benzene rings is 2. The lowest BCUT2D eigenvalue weighted by atomic mass is 10.1. The summed E-state index contributed by atoms with van der Waals surface area (Å²) in [5.41, 5.74) is 0.518. The van der Waals surface area contributed by atoms with Crippen molar-refractivity contribution in [2.45, 2.75) is 11.5 Å². The second kappa shape index (κ2) is 6.05. The van der Waals surface area contributed by atoms with Crippen LogP contribution in [0.4, 0.5) is 4.39 Å². The number of sulfone groups is 1. The van der Waals surface area contributed by atoms with Crippen molar-refractivity contribution in [3.05, 3.63) is 71.0 Å². The number of rotatable bonds is 5. The first-order valence-corrected chi connectivity index (χ1v) is 7.95. The number of hydrogen-bond donors (Lipinski definition) is 1. The summed E-state index contributed by atoms with van der Waals surface area (Å²) < 4.78 is 37.3. The Kier molecular flexibility index (Phi) is 4.37. The summed E-state index contributed by atoms with van der Waals surface area (Å²) in [7, 11) is -3.59. The molecule has 0 bridgehead atoms. The third kappa shape index (κ3) is 4.13. The smallest absolute Gasteiger partial charge is 0.335 e. The summed E-state index contributed by atoms with van der Waals surface area (Å²) >= 11 is 0. The summed E-state index contributed by atoms with van der Waals surface area (Å²) in [5, 5.41) is 9.04. The molecule has 0 spiro atoms. The van der Waals surface area contributed by atoms with Gasteiger partial charge < -0.3 is 5.11 Å². The molecule has 6 heteroatoms. The zero-order valence-electron chi connectivity index (χ0n) is 11.0. The van der Waals surface area contributed by atoms with E-state index in [1.54, 1.807) is 6.07 Å². The van der Waals surface area contributed by atoms with Crippen LogP contribution in [0.3, 0.4) is 0 Å². The summed E-state index contributed by atoms with van der Waals surface area (Å²) in [5.74, 6) is -2.41. The fourth-order valence-corrected chi connectivity index (χ4v) is 3.54. The molecule has 0 saturated carbocycles. The van der Waals surface area contributed by atoms with Crippen molar-refractivity contribution >= 4 is 15.8 Å². The molecule has 0 aliphatic heterocycles. The second-order valence-electron chi connectivity index (χ2n) is 4.62. The Morgan fingerprint density at radius 3 is 2.43 bits per heavy atom. The van der Waals surface area contributed by atoms with E-state index < -0.39 is 27.4 Å². The maximum absolute atomic E-state index is 13.1. The molecule has 2 rings (SSSR count). The average Bonchev–Trinajstić information content (AvgIpc) is 2.37. The number of carbonyl (C=O) groups is 1. The Labute approximate surface area is 121 Å². The molecule has 0 aliphatic carbocycles. The highest BCUT2D eigenvalue weighted by atomic mass is 32.2. The van der Waals surface area contributed by atoms with Gasteiger partial charge >= 0.3 is 5.97 Å². The van der Waals surface area contributed by atoms with Crippen LogP contribution in [0.5, 0.6) is 0 Å². The van der Waals surface area contributed by atoms with E-state index in [-0.39, 0.29) is 16.9 Å². The van der Waals surface area contributed by atoms with E-state index in [0.29, 0.717) is 5.56 Å². The van der Waals surface area contributed by atoms with Crippen LogP contribution in [0.2, 0.25) is 0 Å². The van der Waals surface area contributed by atoms with Crippen molar-refractivity contribution < 1.29 is 22.7 Å². The van der Waals surface area contributed by atoms with Gasteiger partial charge in [-0.3, -0.25) is 0 Å². The molecule has 1 N–H and O–H groups in total. The summed E-state index contributed by atoms with van der Waals surface area (Å²) in [6, 6.07) is 11.3. The molecule has 0 aliphatic rings. The number of aromatic carboxylic acids is 1. The predicted octanol–water partition coefficient (Wildman–Crippen LogP) is 2.64. The zero-order chi connectivity index (χ0) is 15.5. The third-order valence-corrected chi connectivity index (χ3v) is 4.42. The first-order valence-electron chi connectivity index (χ1n) is 6.13. The highest BCUT2D eigenvalue weighted by Crippen LogP contribution is 2.16. The Bertz CT molecular complexity index is 769. The van der Waals surface area contributed by atoms with Gasteiger partial charge in [0, 0.05) is 0 Å². The van der Waals surface area contributed by atoms with E-state index in [4.69, 9.17) is 5.11 Å². The van der Waals surface area contributed by atoms with Crippen LogP contribution in [0.15, 0.2) is 48.5 Å². The van der Waals surface area contributed by atoms with Gasteiger partial charge in [-0.1, -0.05) is 30.3 Å². The maximum atomic E-state index is 13.1. The highest BCUT2D eigenvalue weighted by molar-refractivity contribution is 7.89. The van der Waals surface area contributed by atoms with Gasteiger partial charge in [0.25, 0.3) is 0 Å². The molecule has 2 aromatic rings. The van der Waals surface area contributed by atoms with Crippen LogP contribution in [-0.4, -0.2) is 19.5 Å². The van der Waals surface area contributed by atoms with E-state index in [0.717, 1.165) is 6.07 Å². The molecule has 0 atom stereocenters. The van der Waals surface area contributed by atoms with E-state index in [1.807, 2.05) is 0 Å². The molecule has 0 unspecified atom stereocenters. The van der Waals surface area contributed by atoms with Crippen LogP contribution in [-0.2, 0) is 21.3 Å². The van der Waals surface area contributed by atoms with Crippen LogP contribution in [0, 0.1) is 5.82 Å². The Hall–Kier alpha value is -2.21. The van der Waals surface area contributed by atoms with Gasteiger partial charge in [0.2, 0.25) is 0 Å². The summed E-state index contributed by atoms with van der Waals surface area (Å²) in [4.78, 5) is 11.1. The van der Waals surface area contributed by atoms with E-state index in [9.17, 15) is 17.6 Å². The van der Waals surface area contributed by atoms with Crippen LogP contribution < -0.4 is 0 Å². The molecule has 0 aromatic heterocycles. The molecule has 0 heterocycles. The minimum absolute atomic E-state index is 0.0414. The average molecular weight is 308 g/mol. The fourth-order valence-electron chi connectivity index (χ4n) is 2.02. The number of carboxylic acids is 1. The zero-order valence-corrected chi connectivity index (χ0v) is 11.8. The summed E-state index contributed by atoms with van der Waals surface area (Å²) in [6.45, 7) is 0. The van der Waals surface area contributed by atoms with Crippen molar-refractivity contribution in [1.82, 2.24) is 0 Å². The standard InChI is InChI=1S/C15H13FO4S/c16-13-6-3-4-11(8-13)9-21(19,20)10-12-5-1-2-7-14(12)15(17)18/h1-8H,9-10H2,(H,17,18). The summed E-state index contributed by atoms with van der Waals surface area (Å²) in [6.07, 6.45) is 0. The lowest BCUT2D eigenvalue weighted by Crippen LogP contribution is -2.11. The Morgan fingerprint density at radius 1 is 1.05 bits per heavy atom. The first-order chi connectivity index (χ1) is 9.87. The maximum Gasteiger partial charge on any atom is 0.335 e. The molecule has 0 amide bonds.